The average Bonchev–Trinajstić information content (AvgIpc) is 3.30. The van der Waals surface area contributed by atoms with Crippen LogP contribution in [0.1, 0.15) is 54.6 Å². The van der Waals surface area contributed by atoms with Crippen molar-refractivity contribution < 1.29 is 14.3 Å². The van der Waals surface area contributed by atoms with E-state index >= 15 is 0 Å². The third-order valence-corrected chi connectivity index (χ3v) is 5.45. The summed E-state index contributed by atoms with van der Waals surface area (Å²) in [4.78, 5) is 17.5. The fourth-order valence-corrected chi connectivity index (χ4v) is 3.85. The number of rotatable bonds is 8. The van der Waals surface area contributed by atoms with Crippen LogP contribution in [0, 0.1) is 0 Å². The number of carbonyl (C=O) groups is 1. The Balaban J connectivity index is 1.48. The Kier molecular flexibility index (Phi) is 6.63. The molecule has 1 aromatic carbocycles. The topological polar surface area (TPSA) is 96.9 Å². The molecule has 0 atom stereocenters. The number of amidine groups is 1. The highest BCUT2D eigenvalue weighted by molar-refractivity contribution is 5.99. The van der Waals surface area contributed by atoms with Gasteiger partial charge in [-0.3, -0.25) is 15.2 Å². The van der Waals surface area contributed by atoms with Gasteiger partial charge in [0.25, 0.3) is 5.91 Å². The van der Waals surface area contributed by atoms with Crippen LogP contribution in [0.4, 0.5) is 0 Å². The summed E-state index contributed by atoms with van der Waals surface area (Å²) >= 11 is 0. The molecular weight excluding hydrogens is 382 g/mol. The van der Waals surface area contributed by atoms with Crippen LogP contribution < -0.4 is 20.8 Å². The van der Waals surface area contributed by atoms with Crippen molar-refractivity contribution in [2.75, 3.05) is 33.0 Å². The monoisotopic (exact) mass is 411 g/mol. The van der Waals surface area contributed by atoms with Crippen LogP contribution in [0.3, 0.4) is 0 Å². The van der Waals surface area contributed by atoms with Gasteiger partial charge >= 0.3 is 0 Å². The van der Waals surface area contributed by atoms with E-state index in [9.17, 15) is 4.79 Å². The van der Waals surface area contributed by atoms with Gasteiger partial charge in [-0.2, -0.15) is 5.10 Å². The number of benzene rings is 1. The number of amides is 1. The van der Waals surface area contributed by atoms with Gasteiger partial charge in [0.05, 0.1) is 12.1 Å². The summed E-state index contributed by atoms with van der Waals surface area (Å²) in [6.07, 6.45) is 3.55. The summed E-state index contributed by atoms with van der Waals surface area (Å²) in [5, 5.41) is 11.2. The molecule has 1 fully saturated rings. The van der Waals surface area contributed by atoms with Gasteiger partial charge in [-0.1, -0.05) is 0 Å². The van der Waals surface area contributed by atoms with Crippen molar-refractivity contribution in [3.8, 4) is 5.75 Å². The first-order valence-corrected chi connectivity index (χ1v) is 10.7. The van der Waals surface area contributed by atoms with Crippen molar-refractivity contribution in [3.05, 3.63) is 35.5 Å². The predicted octanol–water partition coefficient (Wildman–Crippen LogP) is 2.50. The highest BCUT2D eigenvalue weighted by Gasteiger charge is 2.20. The van der Waals surface area contributed by atoms with E-state index in [0.717, 1.165) is 67.1 Å². The molecule has 3 heterocycles. The molecule has 160 valence electrons. The van der Waals surface area contributed by atoms with Gasteiger partial charge in [-0.15, -0.1) is 0 Å². The largest absolute Gasteiger partial charge is 0.493 e. The lowest BCUT2D eigenvalue weighted by molar-refractivity contribution is 0.0845. The van der Waals surface area contributed by atoms with Gasteiger partial charge in [-0.05, 0) is 44.4 Å². The van der Waals surface area contributed by atoms with E-state index in [2.05, 4.69) is 27.2 Å². The SMILES string of the molecule is CCOc1cc(C2CCOCC2)nc2cc(C(=O)NCCCC3=NNCN3)ccc12. The summed E-state index contributed by atoms with van der Waals surface area (Å²) in [6.45, 7) is 5.35. The number of hydrogen-bond acceptors (Lipinski definition) is 7. The molecular formula is C22H29N5O3. The van der Waals surface area contributed by atoms with Crippen LogP contribution in [-0.2, 0) is 4.74 Å². The van der Waals surface area contributed by atoms with Gasteiger partial charge in [0.1, 0.15) is 18.3 Å². The van der Waals surface area contributed by atoms with Crippen LogP contribution in [0.2, 0.25) is 0 Å². The second-order valence-corrected chi connectivity index (χ2v) is 7.53. The maximum atomic E-state index is 12.6. The second kappa shape index (κ2) is 9.75. The number of nitrogens with one attached hydrogen (secondary N) is 3. The summed E-state index contributed by atoms with van der Waals surface area (Å²) in [5.74, 6) is 2.03. The maximum Gasteiger partial charge on any atom is 0.251 e. The Hall–Kier alpha value is -2.87. The molecule has 0 saturated carbocycles. The summed E-state index contributed by atoms with van der Waals surface area (Å²) in [7, 11) is 0. The van der Waals surface area contributed by atoms with Crippen molar-refractivity contribution in [1.82, 2.24) is 21.0 Å². The van der Waals surface area contributed by atoms with Crippen LogP contribution in [0.25, 0.3) is 10.9 Å². The van der Waals surface area contributed by atoms with E-state index in [1.54, 1.807) is 0 Å². The van der Waals surface area contributed by atoms with Gasteiger partial charge in [-0.25, -0.2) is 0 Å². The third-order valence-electron chi connectivity index (χ3n) is 5.45. The van der Waals surface area contributed by atoms with Crippen molar-refractivity contribution in [3.63, 3.8) is 0 Å². The molecule has 2 aliphatic rings. The van der Waals surface area contributed by atoms with Crippen LogP contribution >= 0.6 is 0 Å². The van der Waals surface area contributed by atoms with E-state index in [1.165, 1.54) is 0 Å². The van der Waals surface area contributed by atoms with Gasteiger partial charge in [0.15, 0.2) is 0 Å². The Morgan fingerprint density at radius 1 is 1.30 bits per heavy atom. The molecule has 2 aromatic rings. The van der Waals surface area contributed by atoms with Crippen molar-refractivity contribution in [1.29, 1.82) is 0 Å². The Bertz CT molecular complexity index is 924. The Labute approximate surface area is 176 Å². The number of ether oxygens (including phenoxy) is 2. The molecule has 2 aliphatic heterocycles. The lowest BCUT2D eigenvalue weighted by atomic mass is 9.95. The number of hydrazone groups is 1. The molecule has 0 aliphatic carbocycles. The fraction of sp³-hybridized carbons (Fsp3) is 0.500. The van der Waals surface area contributed by atoms with E-state index in [1.807, 2.05) is 25.1 Å². The minimum Gasteiger partial charge on any atom is -0.493 e. The fourth-order valence-electron chi connectivity index (χ4n) is 3.85. The van der Waals surface area contributed by atoms with Crippen molar-refractivity contribution in [2.24, 2.45) is 5.10 Å². The van der Waals surface area contributed by atoms with E-state index in [0.29, 0.717) is 31.3 Å². The number of nitrogens with zero attached hydrogens (tertiary/aromatic N) is 2. The zero-order chi connectivity index (χ0) is 20.8. The molecule has 1 amide bonds. The summed E-state index contributed by atoms with van der Waals surface area (Å²) in [6, 6.07) is 7.68. The number of pyridine rings is 1. The summed E-state index contributed by atoms with van der Waals surface area (Å²) in [5.41, 5.74) is 5.30. The normalized spacial score (nSPS) is 16.6. The first-order valence-electron chi connectivity index (χ1n) is 10.7. The molecule has 1 aromatic heterocycles. The first-order chi connectivity index (χ1) is 14.7. The molecule has 0 bridgehead atoms. The minimum atomic E-state index is -0.0902. The van der Waals surface area contributed by atoms with Gasteiger partial charge in [0, 0.05) is 54.8 Å². The van der Waals surface area contributed by atoms with Crippen LogP contribution in [-0.4, -0.2) is 49.8 Å². The second-order valence-electron chi connectivity index (χ2n) is 7.53. The number of hydrogen-bond donors (Lipinski definition) is 3. The molecule has 0 unspecified atom stereocenters. The average molecular weight is 412 g/mol. The molecule has 4 rings (SSSR count). The molecule has 0 radical (unpaired) electrons. The molecule has 8 heteroatoms. The number of carbonyl (C=O) groups excluding carboxylic acids is 1. The highest BCUT2D eigenvalue weighted by atomic mass is 16.5. The summed E-state index contributed by atoms with van der Waals surface area (Å²) < 4.78 is 11.4. The number of fused-ring (bicyclic) bond motifs is 1. The molecule has 0 spiro atoms. The molecule has 3 N–H and O–H groups in total. The smallest absolute Gasteiger partial charge is 0.251 e. The molecule has 30 heavy (non-hydrogen) atoms. The third kappa shape index (κ3) is 4.81. The van der Waals surface area contributed by atoms with Gasteiger partial charge < -0.3 is 20.1 Å². The van der Waals surface area contributed by atoms with E-state index in [-0.39, 0.29) is 5.91 Å². The van der Waals surface area contributed by atoms with Crippen LogP contribution in [0.15, 0.2) is 29.4 Å². The Morgan fingerprint density at radius 3 is 2.93 bits per heavy atom. The molecule has 8 nitrogen and oxygen atoms in total. The minimum absolute atomic E-state index is 0.0902. The Morgan fingerprint density at radius 2 is 2.17 bits per heavy atom. The highest BCUT2D eigenvalue weighted by Crippen LogP contribution is 2.33. The van der Waals surface area contributed by atoms with Gasteiger partial charge in [0.2, 0.25) is 0 Å². The lowest BCUT2D eigenvalue weighted by Crippen LogP contribution is -2.26. The quantitative estimate of drug-likeness (QED) is 0.578. The first kappa shape index (κ1) is 20.4. The zero-order valence-electron chi connectivity index (χ0n) is 17.4. The van der Waals surface area contributed by atoms with Crippen molar-refractivity contribution >= 4 is 22.6 Å². The van der Waals surface area contributed by atoms with E-state index in [4.69, 9.17) is 14.5 Å². The standard InChI is InChI=1S/C22H29N5O3/c1-2-30-20-13-18(15-7-10-29-11-8-15)26-19-12-16(5-6-17(19)20)22(28)23-9-3-4-21-24-14-25-27-21/h5-6,12-13,15,25H,2-4,7-11,14H2,1H3,(H,23,28)(H,24,27). The lowest BCUT2D eigenvalue weighted by Gasteiger charge is -2.22. The zero-order valence-corrected chi connectivity index (χ0v) is 17.4. The maximum absolute atomic E-state index is 12.6. The van der Waals surface area contributed by atoms with Crippen molar-refractivity contribution in [2.45, 2.75) is 38.5 Å². The van der Waals surface area contributed by atoms with E-state index < -0.39 is 0 Å². The predicted molar refractivity (Wildman–Crippen MR) is 116 cm³/mol. The molecule has 1 saturated heterocycles. The van der Waals surface area contributed by atoms with Crippen LogP contribution in [0.5, 0.6) is 5.75 Å². The number of aromatic nitrogens is 1.